The van der Waals surface area contributed by atoms with Gasteiger partial charge in [0.2, 0.25) is 0 Å². The van der Waals surface area contributed by atoms with Crippen molar-refractivity contribution in [3.63, 3.8) is 0 Å². The summed E-state index contributed by atoms with van der Waals surface area (Å²) in [6.07, 6.45) is 0.120. The summed E-state index contributed by atoms with van der Waals surface area (Å²) in [5.41, 5.74) is 1.65. The second kappa shape index (κ2) is 8.22. The van der Waals surface area contributed by atoms with Gasteiger partial charge in [-0.3, -0.25) is 4.79 Å². The third-order valence-corrected chi connectivity index (χ3v) is 3.18. The van der Waals surface area contributed by atoms with Gasteiger partial charge in [-0.2, -0.15) is 0 Å². The van der Waals surface area contributed by atoms with Crippen molar-refractivity contribution in [3.8, 4) is 11.5 Å². The molecule has 0 heterocycles. The topological polar surface area (TPSA) is 47.6 Å². The number of hydrogen-bond donors (Lipinski definition) is 1. The van der Waals surface area contributed by atoms with Gasteiger partial charge in [0.25, 0.3) is 5.91 Å². The SMILES string of the molecule is CCOc1ccc(CNC(=O)c2ccc(OC(C)C)cc2)cc1. The monoisotopic (exact) mass is 313 g/mol. The molecule has 0 aliphatic heterocycles. The lowest BCUT2D eigenvalue weighted by atomic mass is 10.2. The first-order valence-electron chi connectivity index (χ1n) is 7.85. The van der Waals surface area contributed by atoms with E-state index in [2.05, 4.69) is 5.32 Å². The molecular formula is C19H23NO3. The van der Waals surface area contributed by atoms with E-state index in [9.17, 15) is 4.79 Å². The Morgan fingerprint density at radius 2 is 1.61 bits per heavy atom. The third kappa shape index (κ3) is 5.33. The first kappa shape index (κ1) is 16.9. The molecule has 0 saturated heterocycles. The fourth-order valence-corrected chi connectivity index (χ4v) is 2.11. The quantitative estimate of drug-likeness (QED) is 0.845. The second-order valence-corrected chi connectivity index (χ2v) is 5.45. The van der Waals surface area contributed by atoms with E-state index < -0.39 is 0 Å². The average Bonchev–Trinajstić information content (AvgIpc) is 2.54. The van der Waals surface area contributed by atoms with Crippen LogP contribution in [0, 0.1) is 0 Å². The van der Waals surface area contributed by atoms with Crippen molar-refractivity contribution < 1.29 is 14.3 Å². The van der Waals surface area contributed by atoms with Crippen molar-refractivity contribution in [2.75, 3.05) is 6.61 Å². The molecule has 0 spiro atoms. The van der Waals surface area contributed by atoms with E-state index in [-0.39, 0.29) is 12.0 Å². The van der Waals surface area contributed by atoms with Crippen LogP contribution in [0.4, 0.5) is 0 Å². The molecule has 23 heavy (non-hydrogen) atoms. The standard InChI is InChI=1S/C19H23NO3/c1-4-22-17-9-5-15(6-10-17)13-20-19(21)16-7-11-18(12-8-16)23-14(2)3/h5-12,14H,4,13H2,1-3H3,(H,20,21). The Kier molecular flexibility index (Phi) is 6.03. The minimum atomic E-state index is -0.102. The molecule has 0 atom stereocenters. The zero-order valence-electron chi connectivity index (χ0n) is 13.8. The normalized spacial score (nSPS) is 10.4. The summed E-state index contributed by atoms with van der Waals surface area (Å²) in [7, 11) is 0. The van der Waals surface area contributed by atoms with Crippen LogP contribution < -0.4 is 14.8 Å². The van der Waals surface area contributed by atoms with Crippen LogP contribution in [-0.2, 0) is 6.54 Å². The van der Waals surface area contributed by atoms with Crippen LogP contribution in [0.2, 0.25) is 0 Å². The lowest BCUT2D eigenvalue weighted by Crippen LogP contribution is -2.22. The van der Waals surface area contributed by atoms with Gasteiger partial charge in [-0.15, -0.1) is 0 Å². The maximum atomic E-state index is 12.1. The predicted octanol–water partition coefficient (Wildman–Crippen LogP) is 3.80. The Balaban J connectivity index is 1.88. The van der Waals surface area contributed by atoms with Gasteiger partial charge in [0.15, 0.2) is 0 Å². The largest absolute Gasteiger partial charge is 0.494 e. The average molecular weight is 313 g/mol. The first-order valence-corrected chi connectivity index (χ1v) is 7.85. The van der Waals surface area contributed by atoms with Gasteiger partial charge in [-0.25, -0.2) is 0 Å². The first-order chi connectivity index (χ1) is 11.1. The number of carbonyl (C=O) groups excluding carboxylic acids is 1. The number of hydrogen-bond acceptors (Lipinski definition) is 3. The van der Waals surface area contributed by atoms with Gasteiger partial charge >= 0.3 is 0 Å². The van der Waals surface area contributed by atoms with Crippen molar-refractivity contribution >= 4 is 5.91 Å². The highest BCUT2D eigenvalue weighted by atomic mass is 16.5. The van der Waals surface area contributed by atoms with Crippen LogP contribution >= 0.6 is 0 Å². The van der Waals surface area contributed by atoms with Crippen LogP contribution in [0.25, 0.3) is 0 Å². The molecule has 1 amide bonds. The van der Waals surface area contributed by atoms with Crippen LogP contribution in [0.1, 0.15) is 36.7 Å². The number of benzene rings is 2. The number of amides is 1. The van der Waals surface area contributed by atoms with E-state index in [0.29, 0.717) is 18.7 Å². The smallest absolute Gasteiger partial charge is 0.251 e. The van der Waals surface area contributed by atoms with Gasteiger partial charge < -0.3 is 14.8 Å². The molecule has 2 aromatic rings. The number of rotatable bonds is 7. The van der Waals surface area contributed by atoms with Crippen molar-refractivity contribution in [1.82, 2.24) is 5.32 Å². The highest BCUT2D eigenvalue weighted by molar-refractivity contribution is 5.94. The minimum Gasteiger partial charge on any atom is -0.494 e. The fraction of sp³-hybridized carbons (Fsp3) is 0.316. The zero-order valence-corrected chi connectivity index (χ0v) is 13.8. The van der Waals surface area contributed by atoms with E-state index in [1.807, 2.05) is 57.2 Å². The minimum absolute atomic E-state index is 0.102. The van der Waals surface area contributed by atoms with E-state index in [0.717, 1.165) is 17.1 Å². The van der Waals surface area contributed by atoms with Crippen molar-refractivity contribution in [2.24, 2.45) is 0 Å². The predicted molar refractivity (Wildman–Crippen MR) is 91.0 cm³/mol. The summed E-state index contributed by atoms with van der Waals surface area (Å²) in [6, 6.07) is 14.9. The molecule has 122 valence electrons. The molecule has 4 heteroatoms. The van der Waals surface area contributed by atoms with Crippen LogP contribution in [-0.4, -0.2) is 18.6 Å². The van der Waals surface area contributed by atoms with Crippen LogP contribution in [0.5, 0.6) is 11.5 Å². The highest BCUT2D eigenvalue weighted by Crippen LogP contribution is 2.14. The lowest BCUT2D eigenvalue weighted by Gasteiger charge is -2.10. The van der Waals surface area contributed by atoms with Crippen molar-refractivity contribution in [2.45, 2.75) is 33.4 Å². The highest BCUT2D eigenvalue weighted by Gasteiger charge is 2.06. The molecular weight excluding hydrogens is 290 g/mol. The second-order valence-electron chi connectivity index (χ2n) is 5.45. The Labute approximate surface area is 137 Å². The molecule has 4 nitrogen and oxygen atoms in total. The molecule has 0 saturated carbocycles. The van der Waals surface area contributed by atoms with Gasteiger partial charge in [-0.05, 0) is 62.7 Å². The van der Waals surface area contributed by atoms with E-state index >= 15 is 0 Å². The molecule has 0 aliphatic rings. The molecule has 0 radical (unpaired) electrons. The van der Waals surface area contributed by atoms with Gasteiger partial charge in [0.05, 0.1) is 12.7 Å². The zero-order chi connectivity index (χ0) is 16.7. The number of nitrogens with one attached hydrogen (secondary N) is 1. The summed E-state index contributed by atoms with van der Waals surface area (Å²) in [5, 5.41) is 2.91. The summed E-state index contributed by atoms with van der Waals surface area (Å²) >= 11 is 0. The summed E-state index contributed by atoms with van der Waals surface area (Å²) in [5.74, 6) is 1.50. The van der Waals surface area contributed by atoms with Crippen molar-refractivity contribution in [1.29, 1.82) is 0 Å². The third-order valence-electron chi connectivity index (χ3n) is 3.18. The van der Waals surface area contributed by atoms with Gasteiger partial charge in [0, 0.05) is 12.1 Å². The van der Waals surface area contributed by atoms with E-state index in [4.69, 9.17) is 9.47 Å². The Bertz CT molecular complexity index is 618. The molecule has 0 aromatic heterocycles. The molecule has 0 aliphatic carbocycles. The Morgan fingerprint density at radius 3 is 2.17 bits per heavy atom. The van der Waals surface area contributed by atoms with Crippen molar-refractivity contribution in [3.05, 3.63) is 59.7 Å². The Morgan fingerprint density at radius 1 is 1.00 bits per heavy atom. The molecule has 0 unspecified atom stereocenters. The summed E-state index contributed by atoms with van der Waals surface area (Å²) < 4.78 is 11.0. The molecule has 2 aromatic carbocycles. The van der Waals surface area contributed by atoms with Crippen LogP contribution in [0.15, 0.2) is 48.5 Å². The Hall–Kier alpha value is -2.49. The number of carbonyl (C=O) groups is 1. The maximum Gasteiger partial charge on any atom is 0.251 e. The fourth-order valence-electron chi connectivity index (χ4n) is 2.11. The van der Waals surface area contributed by atoms with E-state index in [1.165, 1.54) is 0 Å². The van der Waals surface area contributed by atoms with Crippen LogP contribution in [0.3, 0.4) is 0 Å². The summed E-state index contributed by atoms with van der Waals surface area (Å²) in [6.45, 7) is 7.02. The number of ether oxygens (including phenoxy) is 2. The van der Waals surface area contributed by atoms with Gasteiger partial charge in [0.1, 0.15) is 11.5 Å². The summed E-state index contributed by atoms with van der Waals surface area (Å²) in [4.78, 5) is 12.1. The molecule has 0 fully saturated rings. The maximum absolute atomic E-state index is 12.1. The van der Waals surface area contributed by atoms with Gasteiger partial charge in [-0.1, -0.05) is 12.1 Å². The van der Waals surface area contributed by atoms with E-state index in [1.54, 1.807) is 12.1 Å². The molecule has 1 N–H and O–H groups in total. The molecule has 0 bridgehead atoms. The lowest BCUT2D eigenvalue weighted by molar-refractivity contribution is 0.0951. The molecule has 2 rings (SSSR count).